The maximum atomic E-state index is 12.0. The summed E-state index contributed by atoms with van der Waals surface area (Å²) in [5.74, 6) is 0. The SMILES string of the molecule is CC1(C)OB(c2cccc(NS(=O)(=O)C3CC3)c2)OC1(C)C. The lowest BCUT2D eigenvalue weighted by molar-refractivity contribution is 0.00578. The van der Waals surface area contributed by atoms with Gasteiger partial charge in [0, 0.05) is 5.69 Å². The van der Waals surface area contributed by atoms with E-state index in [-0.39, 0.29) is 5.25 Å². The number of benzene rings is 1. The third kappa shape index (κ3) is 2.89. The Balaban J connectivity index is 1.80. The Morgan fingerprint density at radius 2 is 1.73 bits per heavy atom. The summed E-state index contributed by atoms with van der Waals surface area (Å²) in [5.41, 5.74) is 0.538. The van der Waals surface area contributed by atoms with Crippen LogP contribution in [0.3, 0.4) is 0 Å². The zero-order valence-electron chi connectivity index (χ0n) is 13.4. The van der Waals surface area contributed by atoms with Crippen LogP contribution in [0.5, 0.6) is 0 Å². The van der Waals surface area contributed by atoms with Gasteiger partial charge in [0.15, 0.2) is 0 Å². The lowest BCUT2D eigenvalue weighted by atomic mass is 9.79. The number of sulfonamides is 1. The monoisotopic (exact) mass is 323 g/mol. The van der Waals surface area contributed by atoms with Gasteiger partial charge >= 0.3 is 7.12 Å². The van der Waals surface area contributed by atoms with Crippen LogP contribution >= 0.6 is 0 Å². The minimum Gasteiger partial charge on any atom is -0.399 e. The Hall–Kier alpha value is -1.05. The summed E-state index contributed by atoms with van der Waals surface area (Å²) >= 11 is 0. The summed E-state index contributed by atoms with van der Waals surface area (Å²) in [7, 11) is -3.75. The van der Waals surface area contributed by atoms with Gasteiger partial charge in [-0.15, -0.1) is 0 Å². The molecule has 2 fully saturated rings. The predicted molar refractivity (Wildman–Crippen MR) is 87.7 cm³/mol. The normalized spacial score (nSPS) is 23.5. The lowest BCUT2D eigenvalue weighted by Gasteiger charge is -2.32. The molecule has 1 aliphatic heterocycles. The van der Waals surface area contributed by atoms with Crippen LogP contribution in [0.15, 0.2) is 24.3 Å². The van der Waals surface area contributed by atoms with E-state index in [1.807, 2.05) is 39.8 Å². The van der Waals surface area contributed by atoms with Gasteiger partial charge in [0.1, 0.15) is 0 Å². The molecule has 1 saturated carbocycles. The van der Waals surface area contributed by atoms with Gasteiger partial charge in [-0.3, -0.25) is 4.72 Å². The van der Waals surface area contributed by atoms with Gasteiger partial charge in [-0.05, 0) is 58.1 Å². The van der Waals surface area contributed by atoms with Crippen LogP contribution in [0.1, 0.15) is 40.5 Å². The van der Waals surface area contributed by atoms with Crippen LogP contribution in [0.25, 0.3) is 0 Å². The number of nitrogens with one attached hydrogen (secondary N) is 1. The van der Waals surface area contributed by atoms with E-state index in [0.29, 0.717) is 5.69 Å². The first kappa shape index (κ1) is 15.8. The van der Waals surface area contributed by atoms with Gasteiger partial charge in [0.25, 0.3) is 0 Å². The van der Waals surface area contributed by atoms with E-state index in [1.54, 1.807) is 12.1 Å². The number of anilines is 1. The summed E-state index contributed by atoms with van der Waals surface area (Å²) in [6, 6.07) is 7.22. The summed E-state index contributed by atoms with van der Waals surface area (Å²) < 4.78 is 38.7. The van der Waals surface area contributed by atoms with Crippen molar-refractivity contribution in [2.24, 2.45) is 0 Å². The van der Waals surface area contributed by atoms with Crippen molar-refractivity contribution < 1.29 is 17.7 Å². The van der Waals surface area contributed by atoms with Crippen molar-refractivity contribution >= 4 is 28.3 Å². The fraction of sp³-hybridized carbons (Fsp3) is 0.600. The van der Waals surface area contributed by atoms with Gasteiger partial charge in [-0.1, -0.05) is 12.1 Å². The first-order valence-corrected chi connectivity index (χ1v) is 9.13. The van der Waals surface area contributed by atoms with E-state index < -0.39 is 28.3 Å². The van der Waals surface area contributed by atoms with Crippen LogP contribution < -0.4 is 10.2 Å². The summed E-state index contributed by atoms with van der Waals surface area (Å²) in [6.45, 7) is 7.97. The van der Waals surface area contributed by atoms with Crippen molar-refractivity contribution in [3.05, 3.63) is 24.3 Å². The fourth-order valence-electron chi connectivity index (χ4n) is 2.35. The molecule has 1 heterocycles. The molecule has 0 amide bonds. The van der Waals surface area contributed by atoms with Crippen molar-refractivity contribution in [1.82, 2.24) is 0 Å². The second-order valence-electron chi connectivity index (χ2n) is 7.06. The van der Waals surface area contributed by atoms with Gasteiger partial charge in [0.2, 0.25) is 10.0 Å². The van der Waals surface area contributed by atoms with Crippen LogP contribution in [0.2, 0.25) is 0 Å². The molecule has 1 aliphatic carbocycles. The highest BCUT2D eigenvalue weighted by atomic mass is 32.2. The topological polar surface area (TPSA) is 64.6 Å². The second-order valence-corrected chi connectivity index (χ2v) is 9.02. The Bertz CT molecular complexity index is 667. The van der Waals surface area contributed by atoms with Crippen molar-refractivity contribution in [3.8, 4) is 0 Å². The van der Waals surface area contributed by atoms with E-state index in [1.165, 1.54) is 0 Å². The summed E-state index contributed by atoms with van der Waals surface area (Å²) in [5, 5.41) is -0.243. The molecule has 1 N–H and O–H groups in total. The molecule has 1 aromatic carbocycles. The van der Waals surface area contributed by atoms with Gasteiger partial charge in [0.05, 0.1) is 16.5 Å². The molecule has 7 heteroatoms. The first-order chi connectivity index (χ1) is 10.1. The molecule has 3 rings (SSSR count). The highest BCUT2D eigenvalue weighted by molar-refractivity contribution is 7.93. The maximum absolute atomic E-state index is 12.0. The summed E-state index contributed by atoms with van der Waals surface area (Å²) in [6.07, 6.45) is 1.48. The van der Waals surface area contributed by atoms with Crippen molar-refractivity contribution in [2.75, 3.05) is 4.72 Å². The van der Waals surface area contributed by atoms with Crippen molar-refractivity contribution in [3.63, 3.8) is 0 Å². The second kappa shape index (κ2) is 4.98. The molecule has 0 bridgehead atoms. The molecule has 5 nitrogen and oxygen atoms in total. The molecular formula is C15H22BNO4S. The zero-order chi connectivity index (χ0) is 16.2. The molecule has 0 radical (unpaired) electrons. The van der Waals surface area contributed by atoms with E-state index in [4.69, 9.17) is 9.31 Å². The van der Waals surface area contributed by atoms with Gasteiger partial charge in [-0.25, -0.2) is 8.42 Å². The smallest absolute Gasteiger partial charge is 0.399 e. The Morgan fingerprint density at radius 3 is 2.27 bits per heavy atom. The van der Waals surface area contributed by atoms with Crippen LogP contribution in [0.4, 0.5) is 5.69 Å². The molecule has 0 unspecified atom stereocenters. The third-order valence-corrected chi connectivity index (χ3v) is 6.50. The highest BCUT2D eigenvalue weighted by Gasteiger charge is 2.51. The van der Waals surface area contributed by atoms with E-state index in [2.05, 4.69) is 4.72 Å². The Labute approximate surface area is 132 Å². The number of rotatable bonds is 4. The quantitative estimate of drug-likeness (QED) is 0.860. The molecule has 120 valence electrons. The summed E-state index contributed by atoms with van der Waals surface area (Å²) in [4.78, 5) is 0. The first-order valence-electron chi connectivity index (χ1n) is 7.58. The predicted octanol–water partition coefficient (Wildman–Crippen LogP) is 1.89. The average molecular weight is 323 g/mol. The molecule has 0 atom stereocenters. The fourth-order valence-corrected chi connectivity index (χ4v) is 3.73. The number of hydrogen-bond donors (Lipinski definition) is 1. The van der Waals surface area contributed by atoms with Crippen LogP contribution in [-0.2, 0) is 19.3 Å². The van der Waals surface area contributed by atoms with E-state index in [0.717, 1.165) is 18.3 Å². The molecule has 1 aromatic rings. The molecule has 0 aromatic heterocycles. The van der Waals surface area contributed by atoms with Gasteiger partial charge < -0.3 is 9.31 Å². The minimum absolute atomic E-state index is 0.243. The Morgan fingerprint density at radius 1 is 1.14 bits per heavy atom. The molecule has 1 saturated heterocycles. The maximum Gasteiger partial charge on any atom is 0.494 e. The molecule has 0 spiro atoms. The van der Waals surface area contributed by atoms with Crippen molar-refractivity contribution in [2.45, 2.75) is 57.0 Å². The Kier molecular flexibility index (Phi) is 3.58. The largest absolute Gasteiger partial charge is 0.494 e. The van der Waals surface area contributed by atoms with Crippen LogP contribution in [0, 0.1) is 0 Å². The highest BCUT2D eigenvalue weighted by Crippen LogP contribution is 2.36. The average Bonchev–Trinajstić information content (AvgIpc) is 3.18. The standard InChI is InChI=1S/C15H22BNO4S/c1-14(2)15(3,4)21-16(20-14)11-6-5-7-12(10-11)17-22(18,19)13-8-9-13/h5-7,10,13,17H,8-9H2,1-4H3. The molecule has 2 aliphatic rings. The molecule has 22 heavy (non-hydrogen) atoms. The minimum atomic E-state index is -3.26. The van der Waals surface area contributed by atoms with Crippen LogP contribution in [-0.4, -0.2) is 32.0 Å². The van der Waals surface area contributed by atoms with E-state index >= 15 is 0 Å². The van der Waals surface area contributed by atoms with Gasteiger partial charge in [-0.2, -0.15) is 0 Å². The molecular weight excluding hydrogens is 301 g/mol. The third-order valence-electron chi connectivity index (χ3n) is 4.64. The zero-order valence-corrected chi connectivity index (χ0v) is 14.2. The van der Waals surface area contributed by atoms with Crippen molar-refractivity contribution in [1.29, 1.82) is 0 Å². The lowest BCUT2D eigenvalue weighted by Crippen LogP contribution is -2.41. The number of hydrogen-bond acceptors (Lipinski definition) is 4. The van der Waals surface area contributed by atoms with E-state index in [9.17, 15) is 8.42 Å².